The highest BCUT2D eigenvalue weighted by atomic mass is 35.5. The molecule has 114 valence electrons. The van der Waals surface area contributed by atoms with Crippen LogP contribution in [0.3, 0.4) is 0 Å². The Kier molecular flexibility index (Phi) is 5.47. The van der Waals surface area contributed by atoms with Crippen LogP contribution >= 0.6 is 11.6 Å². The minimum absolute atomic E-state index is 0.543. The smallest absolute Gasteiger partial charge is 0.0860 e. The van der Waals surface area contributed by atoms with Gasteiger partial charge in [0.15, 0.2) is 0 Å². The van der Waals surface area contributed by atoms with E-state index >= 15 is 0 Å². The molecule has 1 aromatic rings. The fourth-order valence-electron chi connectivity index (χ4n) is 2.92. The van der Waals surface area contributed by atoms with E-state index in [-0.39, 0.29) is 0 Å². The zero-order valence-corrected chi connectivity index (χ0v) is 13.9. The van der Waals surface area contributed by atoms with Gasteiger partial charge < -0.3 is 5.32 Å². The molecular formula is C15H27ClN4. The number of aryl methyl sites for hydroxylation is 2. The monoisotopic (exact) mass is 298 g/mol. The molecule has 2 rings (SSSR count). The molecule has 20 heavy (non-hydrogen) atoms. The Bertz CT molecular complexity index is 441. The van der Waals surface area contributed by atoms with Gasteiger partial charge in [-0.15, -0.1) is 0 Å². The Morgan fingerprint density at radius 2 is 2.15 bits per heavy atom. The van der Waals surface area contributed by atoms with Crippen molar-refractivity contribution in [1.82, 2.24) is 20.0 Å². The van der Waals surface area contributed by atoms with Crippen molar-refractivity contribution in [2.75, 3.05) is 13.1 Å². The number of rotatable bonds is 5. The molecule has 1 atom stereocenters. The molecule has 0 spiro atoms. The van der Waals surface area contributed by atoms with Crippen LogP contribution in [0.5, 0.6) is 0 Å². The molecule has 1 fully saturated rings. The Labute approximate surface area is 127 Å². The Morgan fingerprint density at radius 3 is 2.75 bits per heavy atom. The first-order valence-corrected chi connectivity index (χ1v) is 8.02. The number of aromatic nitrogens is 2. The summed E-state index contributed by atoms with van der Waals surface area (Å²) < 4.78 is 1.93. The normalized spacial score (nSPS) is 20.8. The molecule has 0 bridgehead atoms. The number of hydrogen-bond acceptors (Lipinski definition) is 3. The Hall–Kier alpha value is -0.580. The van der Waals surface area contributed by atoms with Crippen LogP contribution in [-0.2, 0) is 13.6 Å². The van der Waals surface area contributed by atoms with Gasteiger partial charge in [0.1, 0.15) is 0 Å². The Balaban J connectivity index is 2.04. The second-order valence-corrected chi connectivity index (χ2v) is 6.53. The van der Waals surface area contributed by atoms with Crippen molar-refractivity contribution in [1.29, 1.82) is 0 Å². The summed E-state index contributed by atoms with van der Waals surface area (Å²) in [6, 6.07) is 1.15. The van der Waals surface area contributed by atoms with E-state index in [1.54, 1.807) is 0 Å². The second-order valence-electron chi connectivity index (χ2n) is 6.15. The predicted octanol–water partition coefficient (Wildman–Crippen LogP) is 2.73. The lowest BCUT2D eigenvalue weighted by molar-refractivity contribution is 0.132. The SMILES string of the molecule is Cc1nn(C)c(CN2CCCCC2CNC(C)C)c1Cl. The van der Waals surface area contributed by atoms with Crippen LogP contribution in [0.15, 0.2) is 0 Å². The predicted molar refractivity (Wildman–Crippen MR) is 84.1 cm³/mol. The van der Waals surface area contributed by atoms with Gasteiger partial charge in [0.25, 0.3) is 0 Å². The van der Waals surface area contributed by atoms with Gasteiger partial charge in [-0.05, 0) is 26.3 Å². The van der Waals surface area contributed by atoms with Crippen LogP contribution in [0, 0.1) is 6.92 Å². The number of likely N-dealkylation sites (tertiary alicyclic amines) is 1. The number of piperidine rings is 1. The third kappa shape index (κ3) is 3.74. The molecule has 0 radical (unpaired) electrons. The van der Waals surface area contributed by atoms with Crippen molar-refractivity contribution in [3.05, 3.63) is 16.4 Å². The quantitative estimate of drug-likeness (QED) is 0.907. The number of hydrogen-bond donors (Lipinski definition) is 1. The van der Waals surface area contributed by atoms with E-state index in [0.29, 0.717) is 12.1 Å². The topological polar surface area (TPSA) is 33.1 Å². The van der Waals surface area contributed by atoms with E-state index in [9.17, 15) is 0 Å². The summed E-state index contributed by atoms with van der Waals surface area (Å²) >= 11 is 6.38. The maximum Gasteiger partial charge on any atom is 0.0860 e. The summed E-state index contributed by atoms with van der Waals surface area (Å²) in [7, 11) is 1.99. The average molecular weight is 299 g/mol. The van der Waals surface area contributed by atoms with Gasteiger partial charge in [-0.2, -0.15) is 5.10 Å². The van der Waals surface area contributed by atoms with Crippen LogP contribution in [0.2, 0.25) is 5.02 Å². The number of halogens is 1. The van der Waals surface area contributed by atoms with Gasteiger partial charge in [0.2, 0.25) is 0 Å². The first kappa shape index (κ1) is 15.8. The molecule has 4 nitrogen and oxygen atoms in total. The molecule has 1 aromatic heterocycles. The summed E-state index contributed by atoms with van der Waals surface area (Å²) in [4.78, 5) is 2.56. The van der Waals surface area contributed by atoms with Gasteiger partial charge in [0, 0.05) is 32.2 Å². The Morgan fingerprint density at radius 1 is 1.40 bits per heavy atom. The van der Waals surface area contributed by atoms with E-state index in [4.69, 9.17) is 11.6 Å². The maximum absolute atomic E-state index is 6.38. The van der Waals surface area contributed by atoms with Crippen molar-refractivity contribution < 1.29 is 0 Å². The first-order valence-electron chi connectivity index (χ1n) is 7.64. The molecule has 1 saturated heterocycles. The van der Waals surface area contributed by atoms with Crippen molar-refractivity contribution in [3.63, 3.8) is 0 Å². The molecule has 0 aromatic carbocycles. The van der Waals surface area contributed by atoms with E-state index in [0.717, 1.165) is 36.0 Å². The van der Waals surface area contributed by atoms with Crippen molar-refractivity contribution >= 4 is 11.6 Å². The van der Waals surface area contributed by atoms with Gasteiger partial charge in [-0.1, -0.05) is 31.9 Å². The summed E-state index contributed by atoms with van der Waals surface area (Å²) in [5.74, 6) is 0. The molecule has 2 heterocycles. The van der Waals surface area contributed by atoms with Gasteiger partial charge >= 0.3 is 0 Å². The van der Waals surface area contributed by atoms with Crippen LogP contribution in [0.1, 0.15) is 44.5 Å². The molecule has 0 amide bonds. The fourth-order valence-corrected chi connectivity index (χ4v) is 3.14. The van der Waals surface area contributed by atoms with Crippen molar-refractivity contribution in [2.24, 2.45) is 7.05 Å². The molecule has 1 aliphatic heterocycles. The molecule has 1 unspecified atom stereocenters. The van der Waals surface area contributed by atoms with Crippen LogP contribution in [0.4, 0.5) is 0 Å². The van der Waals surface area contributed by atoms with Gasteiger partial charge in [-0.25, -0.2) is 0 Å². The van der Waals surface area contributed by atoms with E-state index < -0.39 is 0 Å². The van der Waals surface area contributed by atoms with Crippen molar-refractivity contribution in [3.8, 4) is 0 Å². The zero-order valence-electron chi connectivity index (χ0n) is 13.1. The molecule has 0 aliphatic carbocycles. The van der Waals surface area contributed by atoms with E-state index in [2.05, 4.69) is 29.2 Å². The summed E-state index contributed by atoms with van der Waals surface area (Å²) in [5.41, 5.74) is 2.07. The highest BCUT2D eigenvalue weighted by Gasteiger charge is 2.24. The lowest BCUT2D eigenvalue weighted by Crippen LogP contribution is -2.46. The maximum atomic E-state index is 6.38. The third-order valence-corrected chi connectivity index (χ3v) is 4.62. The fraction of sp³-hybridized carbons (Fsp3) is 0.800. The first-order chi connectivity index (χ1) is 9.49. The van der Waals surface area contributed by atoms with Gasteiger partial charge in [0.05, 0.1) is 16.4 Å². The summed E-state index contributed by atoms with van der Waals surface area (Å²) in [5, 5.41) is 8.81. The third-order valence-electron chi connectivity index (χ3n) is 4.13. The zero-order chi connectivity index (χ0) is 14.7. The summed E-state index contributed by atoms with van der Waals surface area (Å²) in [6.45, 7) is 9.50. The van der Waals surface area contributed by atoms with Crippen LogP contribution < -0.4 is 5.32 Å². The highest BCUT2D eigenvalue weighted by Crippen LogP contribution is 2.24. The second kappa shape index (κ2) is 6.92. The van der Waals surface area contributed by atoms with Crippen molar-refractivity contribution in [2.45, 2.75) is 58.7 Å². The molecule has 5 heteroatoms. The minimum atomic E-state index is 0.543. The van der Waals surface area contributed by atoms with Crippen LogP contribution in [0.25, 0.3) is 0 Å². The molecular weight excluding hydrogens is 272 g/mol. The van der Waals surface area contributed by atoms with Crippen LogP contribution in [-0.4, -0.2) is 39.9 Å². The number of nitrogens with zero attached hydrogens (tertiary/aromatic N) is 3. The number of nitrogens with one attached hydrogen (secondary N) is 1. The lowest BCUT2D eigenvalue weighted by Gasteiger charge is -2.36. The van der Waals surface area contributed by atoms with Gasteiger partial charge in [-0.3, -0.25) is 9.58 Å². The molecule has 1 N–H and O–H groups in total. The van der Waals surface area contributed by atoms with E-state index in [1.807, 2.05) is 18.7 Å². The standard InChI is InChI=1S/C15H27ClN4/c1-11(2)17-9-13-7-5-6-8-20(13)10-14-15(16)12(3)18-19(14)4/h11,13,17H,5-10H2,1-4H3. The molecule has 1 aliphatic rings. The van der Waals surface area contributed by atoms with E-state index in [1.165, 1.54) is 19.3 Å². The minimum Gasteiger partial charge on any atom is -0.313 e. The molecule has 0 saturated carbocycles. The largest absolute Gasteiger partial charge is 0.313 e. The summed E-state index contributed by atoms with van der Waals surface area (Å²) in [6.07, 6.45) is 3.89. The lowest BCUT2D eigenvalue weighted by atomic mass is 10.0. The highest BCUT2D eigenvalue weighted by molar-refractivity contribution is 6.31. The average Bonchev–Trinajstić information content (AvgIpc) is 2.64.